The van der Waals surface area contributed by atoms with Gasteiger partial charge in [0, 0.05) is 29.2 Å². The summed E-state index contributed by atoms with van der Waals surface area (Å²) in [5.41, 5.74) is 2.33. The lowest BCUT2D eigenvalue weighted by atomic mass is 10.1. The first-order chi connectivity index (χ1) is 15.8. The normalized spacial score (nSPS) is 11.0. The molecule has 0 radical (unpaired) electrons. The number of fused-ring (bicyclic) bond motifs is 1. The van der Waals surface area contributed by atoms with Gasteiger partial charge in [0.25, 0.3) is 0 Å². The molecule has 1 heterocycles. The van der Waals surface area contributed by atoms with Crippen molar-refractivity contribution < 1.29 is 23.9 Å². The zero-order chi connectivity index (χ0) is 24.0. The van der Waals surface area contributed by atoms with Crippen molar-refractivity contribution in [2.45, 2.75) is 45.6 Å². The van der Waals surface area contributed by atoms with Crippen LogP contribution in [0.25, 0.3) is 10.9 Å². The Morgan fingerprint density at radius 3 is 2.64 bits per heavy atom. The molecule has 1 amide bonds. The molecule has 0 aliphatic rings. The molecule has 3 aromatic rings. The van der Waals surface area contributed by atoms with Crippen LogP contribution in [0.5, 0.6) is 0 Å². The Bertz CT molecular complexity index is 1190. The number of nitrogens with zero attached hydrogens (tertiary/aromatic N) is 1. The third-order valence-corrected chi connectivity index (χ3v) is 5.76. The molecule has 0 aliphatic heterocycles. The number of rotatable bonds is 11. The van der Waals surface area contributed by atoms with Gasteiger partial charge in [-0.1, -0.05) is 42.3 Å². The van der Waals surface area contributed by atoms with Crippen molar-refractivity contribution in [1.29, 1.82) is 0 Å². The van der Waals surface area contributed by atoms with E-state index in [0.29, 0.717) is 40.6 Å². The largest absolute Gasteiger partial charge is 0.481 e. The van der Waals surface area contributed by atoms with Crippen LogP contribution in [0.15, 0.2) is 42.6 Å². The second kappa shape index (κ2) is 11.1. The fraction of sp³-hybridized carbons (Fsp3) is 0.320. The van der Waals surface area contributed by atoms with E-state index in [1.165, 1.54) is 13.0 Å². The van der Waals surface area contributed by atoms with Crippen LogP contribution in [0.3, 0.4) is 0 Å². The predicted molar refractivity (Wildman–Crippen MR) is 125 cm³/mol. The van der Waals surface area contributed by atoms with Gasteiger partial charge < -0.3 is 15.0 Å². The molecule has 0 fully saturated rings. The van der Waals surface area contributed by atoms with Gasteiger partial charge in [0.05, 0.1) is 11.4 Å². The maximum atomic E-state index is 13.9. The molecule has 174 valence electrons. The van der Waals surface area contributed by atoms with Crippen LogP contribution in [0.1, 0.15) is 47.7 Å². The number of unbranched alkanes of at least 4 members (excludes halogenated alkanes) is 2. The molecular weight excluding hydrogens is 447 g/mol. The van der Waals surface area contributed by atoms with Crippen LogP contribution < -0.4 is 5.32 Å². The third kappa shape index (κ3) is 6.42. The first kappa shape index (κ1) is 24.5. The maximum Gasteiger partial charge on any atom is 0.307 e. The molecule has 8 heteroatoms. The van der Waals surface area contributed by atoms with E-state index in [1.54, 1.807) is 41.1 Å². The van der Waals surface area contributed by atoms with Gasteiger partial charge in [-0.3, -0.25) is 14.4 Å². The topological polar surface area (TPSA) is 88.4 Å². The van der Waals surface area contributed by atoms with E-state index < -0.39 is 5.97 Å². The molecule has 0 aliphatic carbocycles. The minimum absolute atomic E-state index is 0.0219. The molecule has 0 saturated heterocycles. The lowest BCUT2D eigenvalue weighted by Gasteiger charge is -2.08. The summed E-state index contributed by atoms with van der Waals surface area (Å²) in [7, 11) is 0. The van der Waals surface area contributed by atoms with E-state index in [2.05, 4.69) is 5.32 Å². The zero-order valence-electron chi connectivity index (χ0n) is 18.4. The molecule has 0 atom stereocenters. The second-order valence-electron chi connectivity index (χ2n) is 8.02. The van der Waals surface area contributed by atoms with Crippen LogP contribution in [0, 0.1) is 5.82 Å². The highest BCUT2D eigenvalue weighted by Crippen LogP contribution is 2.24. The van der Waals surface area contributed by atoms with Crippen molar-refractivity contribution in [3.05, 3.63) is 70.1 Å². The molecule has 0 unspecified atom stereocenters. The number of ketones is 1. The Morgan fingerprint density at radius 1 is 1.12 bits per heavy atom. The summed E-state index contributed by atoms with van der Waals surface area (Å²) in [6.45, 7) is 1.97. The van der Waals surface area contributed by atoms with Gasteiger partial charge >= 0.3 is 5.97 Å². The highest BCUT2D eigenvalue weighted by atomic mass is 35.5. The molecule has 3 rings (SSSR count). The summed E-state index contributed by atoms with van der Waals surface area (Å²) in [5, 5.41) is 12.7. The van der Waals surface area contributed by atoms with Crippen molar-refractivity contribution in [2.24, 2.45) is 0 Å². The van der Waals surface area contributed by atoms with Crippen LogP contribution in [-0.4, -0.2) is 33.9 Å². The summed E-state index contributed by atoms with van der Waals surface area (Å²) >= 11 is 5.79. The number of carboxylic acid groups (broad SMARTS) is 1. The first-order valence-electron chi connectivity index (χ1n) is 10.8. The second-order valence-corrected chi connectivity index (χ2v) is 8.43. The van der Waals surface area contributed by atoms with Gasteiger partial charge in [-0.05, 0) is 49.4 Å². The van der Waals surface area contributed by atoms with Crippen LogP contribution in [-0.2, 0) is 29.0 Å². The Hall–Kier alpha value is -3.19. The van der Waals surface area contributed by atoms with Crippen molar-refractivity contribution in [3.63, 3.8) is 0 Å². The Morgan fingerprint density at radius 2 is 1.91 bits per heavy atom. The number of aliphatic carboxylic acids is 1. The molecule has 0 spiro atoms. The number of hydrogen-bond acceptors (Lipinski definition) is 3. The molecule has 2 aromatic carbocycles. The summed E-state index contributed by atoms with van der Waals surface area (Å²) in [6, 6.07) is 10.1. The standard InChI is InChI=1S/C25H26ClFN2O4/c1-16(30)20-14-29(22-12-17(13-24(32)33)9-10-19(20)22)15-23(31)28-11-4-2-3-6-18-7-5-8-21(26)25(18)27/h5,7-10,12,14H,2-4,6,11,13,15H2,1H3,(H,28,31)(H,32,33). The molecule has 33 heavy (non-hydrogen) atoms. The van der Waals surface area contributed by atoms with Crippen molar-refractivity contribution in [2.75, 3.05) is 6.54 Å². The lowest BCUT2D eigenvalue weighted by Crippen LogP contribution is -2.28. The molecular formula is C25H26ClFN2O4. The SMILES string of the molecule is CC(=O)c1cn(CC(=O)NCCCCCc2cccc(Cl)c2F)c2cc(CC(=O)O)ccc12. The van der Waals surface area contributed by atoms with Crippen molar-refractivity contribution in [3.8, 4) is 0 Å². The molecule has 6 nitrogen and oxygen atoms in total. The van der Waals surface area contributed by atoms with E-state index in [9.17, 15) is 18.8 Å². The smallest absolute Gasteiger partial charge is 0.307 e. The number of hydrogen-bond donors (Lipinski definition) is 2. The predicted octanol–water partition coefficient (Wildman–Crippen LogP) is 4.79. The number of amides is 1. The van der Waals surface area contributed by atoms with Crippen LogP contribution >= 0.6 is 11.6 Å². The first-order valence-corrected chi connectivity index (χ1v) is 11.2. The molecule has 0 bridgehead atoms. The average molecular weight is 473 g/mol. The summed E-state index contributed by atoms with van der Waals surface area (Å²) in [5.74, 6) is -1.65. The number of carboxylic acids is 1. The van der Waals surface area contributed by atoms with Gasteiger partial charge in [-0.25, -0.2) is 4.39 Å². The van der Waals surface area contributed by atoms with E-state index in [0.717, 1.165) is 19.3 Å². The lowest BCUT2D eigenvalue weighted by molar-refractivity contribution is -0.136. The highest BCUT2D eigenvalue weighted by Gasteiger charge is 2.15. The summed E-state index contributed by atoms with van der Waals surface area (Å²) < 4.78 is 15.6. The number of nitrogens with one attached hydrogen (secondary N) is 1. The number of carbonyl (C=O) groups is 3. The number of carbonyl (C=O) groups excluding carboxylic acids is 2. The fourth-order valence-corrected chi connectivity index (χ4v) is 4.02. The Labute approximate surface area is 196 Å². The highest BCUT2D eigenvalue weighted by molar-refractivity contribution is 6.30. The summed E-state index contributed by atoms with van der Waals surface area (Å²) in [6.07, 6.45) is 4.44. The Kier molecular flexibility index (Phi) is 8.22. The number of Topliss-reactive ketones (excluding diaryl/α,β-unsaturated/α-hetero) is 1. The van der Waals surface area contributed by atoms with Gasteiger partial charge in [0.15, 0.2) is 5.78 Å². The third-order valence-electron chi connectivity index (χ3n) is 5.47. The summed E-state index contributed by atoms with van der Waals surface area (Å²) in [4.78, 5) is 35.5. The van der Waals surface area contributed by atoms with Gasteiger partial charge in [-0.15, -0.1) is 0 Å². The number of halogens is 2. The fourth-order valence-electron chi connectivity index (χ4n) is 3.83. The minimum Gasteiger partial charge on any atom is -0.481 e. The van der Waals surface area contributed by atoms with Crippen LogP contribution in [0.2, 0.25) is 5.02 Å². The zero-order valence-corrected chi connectivity index (χ0v) is 19.1. The molecule has 0 saturated carbocycles. The van der Waals surface area contributed by atoms with E-state index in [1.807, 2.05) is 0 Å². The Balaban J connectivity index is 1.54. The van der Waals surface area contributed by atoms with Gasteiger partial charge in [0.1, 0.15) is 12.4 Å². The number of benzene rings is 2. The number of aromatic nitrogens is 1. The van der Waals surface area contributed by atoms with Crippen LogP contribution in [0.4, 0.5) is 4.39 Å². The molecule has 2 N–H and O–H groups in total. The quantitative estimate of drug-likeness (QED) is 0.310. The van der Waals surface area contributed by atoms with E-state index in [-0.39, 0.29) is 35.5 Å². The van der Waals surface area contributed by atoms with Gasteiger partial charge in [-0.2, -0.15) is 0 Å². The number of aryl methyl sites for hydroxylation is 1. The molecule has 1 aromatic heterocycles. The van der Waals surface area contributed by atoms with E-state index >= 15 is 0 Å². The monoisotopic (exact) mass is 472 g/mol. The van der Waals surface area contributed by atoms with Crippen molar-refractivity contribution >= 4 is 40.2 Å². The minimum atomic E-state index is -0.949. The maximum absolute atomic E-state index is 13.9. The van der Waals surface area contributed by atoms with Crippen molar-refractivity contribution in [1.82, 2.24) is 9.88 Å². The van der Waals surface area contributed by atoms with E-state index in [4.69, 9.17) is 16.7 Å². The van der Waals surface area contributed by atoms with Gasteiger partial charge in [0.2, 0.25) is 5.91 Å². The average Bonchev–Trinajstić information content (AvgIpc) is 3.11.